The first kappa shape index (κ1) is 11.6. The standard InChI is InChI=1S/C7H6ClN3O3S/c1-14-6-4-5(8)2-3-7(6)15(12,13)11-10-9/h2-4H,1H3. The molecular formula is C7H6ClN3O3S. The summed E-state index contributed by atoms with van der Waals surface area (Å²) in [6.07, 6.45) is 0. The van der Waals surface area contributed by atoms with Crippen molar-refractivity contribution < 1.29 is 13.2 Å². The quantitative estimate of drug-likeness (QED) is 0.466. The van der Waals surface area contributed by atoms with Gasteiger partial charge in [0, 0.05) is 20.5 Å². The summed E-state index contributed by atoms with van der Waals surface area (Å²) in [5.74, 6) is 0.0369. The van der Waals surface area contributed by atoms with E-state index in [0.29, 0.717) is 5.02 Å². The van der Waals surface area contributed by atoms with E-state index >= 15 is 0 Å². The van der Waals surface area contributed by atoms with E-state index in [1.54, 1.807) is 0 Å². The third-order valence-corrected chi connectivity index (χ3v) is 2.96. The van der Waals surface area contributed by atoms with Gasteiger partial charge in [-0.1, -0.05) is 11.6 Å². The second-order valence-electron chi connectivity index (χ2n) is 2.44. The molecule has 0 heterocycles. The van der Waals surface area contributed by atoms with Crippen molar-refractivity contribution in [3.05, 3.63) is 33.7 Å². The van der Waals surface area contributed by atoms with Gasteiger partial charge in [0.05, 0.1) is 7.11 Å². The molecule has 8 heteroatoms. The molecule has 0 aliphatic heterocycles. The first-order chi connectivity index (χ1) is 7.01. The minimum absolute atomic E-state index is 0.0369. The lowest BCUT2D eigenvalue weighted by molar-refractivity contribution is 0.403. The Morgan fingerprint density at radius 1 is 1.53 bits per heavy atom. The number of azide groups is 1. The summed E-state index contributed by atoms with van der Waals surface area (Å²) >= 11 is 5.64. The van der Waals surface area contributed by atoms with Crippen LogP contribution in [0.2, 0.25) is 5.02 Å². The smallest absolute Gasteiger partial charge is 0.267 e. The maximum absolute atomic E-state index is 11.4. The predicted octanol–water partition coefficient (Wildman–Crippen LogP) is 2.35. The second-order valence-corrected chi connectivity index (χ2v) is 4.43. The van der Waals surface area contributed by atoms with E-state index in [0.717, 1.165) is 0 Å². The van der Waals surface area contributed by atoms with E-state index in [9.17, 15) is 8.42 Å². The average molecular weight is 248 g/mol. The summed E-state index contributed by atoms with van der Waals surface area (Å²) in [5.41, 5.74) is 8.09. The van der Waals surface area contributed by atoms with Gasteiger partial charge in [-0.2, -0.15) is 0 Å². The summed E-state index contributed by atoms with van der Waals surface area (Å²) in [5, 5.41) is 0.326. The molecule has 0 fully saturated rings. The van der Waals surface area contributed by atoms with Crippen LogP contribution in [0.15, 0.2) is 27.6 Å². The van der Waals surface area contributed by atoms with Crippen molar-refractivity contribution in [1.29, 1.82) is 0 Å². The Balaban J connectivity index is 3.44. The minimum atomic E-state index is -4.05. The van der Waals surface area contributed by atoms with Gasteiger partial charge in [0.1, 0.15) is 10.6 Å². The first-order valence-electron chi connectivity index (χ1n) is 3.66. The zero-order chi connectivity index (χ0) is 11.5. The maximum atomic E-state index is 11.4. The molecule has 0 aromatic heterocycles. The van der Waals surface area contributed by atoms with Crippen LogP contribution in [0.3, 0.4) is 0 Å². The Morgan fingerprint density at radius 2 is 2.20 bits per heavy atom. The molecule has 0 saturated heterocycles. The molecule has 1 aromatic rings. The fraction of sp³-hybridized carbons (Fsp3) is 0.143. The summed E-state index contributed by atoms with van der Waals surface area (Å²) < 4.78 is 30.3. The van der Waals surface area contributed by atoms with Gasteiger partial charge in [-0.3, -0.25) is 0 Å². The van der Waals surface area contributed by atoms with Gasteiger partial charge < -0.3 is 4.74 Å². The molecule has 15 heavy (non-hydrogen) atoms. The molecule has 0 amide bonds. The van der Waals surface area contributed by atoms with Crippen LogP contribution < -0.4 is 4.74 Å². The number of ether oxygens (including phenoxy) is 1. The highest BCUT2D eigenvalue weighted by Gasteiger charge is 2.17. The molecule has 1 aromatic carbocycles. The molecule has 80 valence electrons. The van der Waals surface area contributed by atoms with Gasteiger partial charge in [-0.25, -0.2) is 8.42 Å². The summed E-state index contributed by atoms with van der Waals surface area (Å²) in [4.78, 5) is 2.01. The third kappa shape index (κ3) is 2.53. The van der Waals surface area contributed by atoms with Crippen molar-refractivity contribution in [1.82, 2.24) is 0 Å². The molecular weight excluding hydrogens is 242 g/mol. The van der Waals surface area contributed by atoms with Crippen molar-refractivity contribution in [2.75, 3.05) is 7.11 Å². The topological polar surface area (TPSA) is 92.1 Å². The van der Waals surface area contributed by atoms with Crippen LogP contribution in [-0.2, 0) is 10.0 Å². The van der Waals surface area contributed by atoms with E-state index in [2.05, 4.69) is 9.43 Å². The monoisotopic (exact) mass is 247 g/mol. The molecule has 0 radical (unpaired) electrons. The molecule has 0 atom stereocenters. The fourth-order valence-electron chi connectivity index (χ4n) is 0.947. The predicted molar refractivity (Wildman–Crippen MR) is 54.3 cm³/mol. The fourth-order valence-corrected chi connectivity index (χ4v) is 1.93. The zero-order valence-electron chi connectivity index (χ0n) is 7.58. The van der Waals surface area contributed by atoms with Crippen LogP contribution in [0.1, 0.15) is 0 Å². The lowest BCUT2D eigenvalue weighted by atomic mass is 10.3. The number of hydrogen-bond acceptors (Lipinski definition) is 3. The SMILES string of the molecule is COc1cc(Cl)ccc1S(=O)(=O)N=[N+]=[N-]. The van der Waals surface area contributed by atoms with Gasteiger partial charge in [-0.05, 0) is 17.7 Å². The van der Waals surface area contributed by atoms with Crippen molar-refractivity contribution in [3.63, 3.8) is 0 Å². The van der Waals surface area contributed by atoms with E-state index in [4.69, 9.17) is 21.9 Å². The number of halogens is 1. The molecule has 1 rings (SSSR count). The molecule has 0 unspecified atom stereocenters. The van der Waals surface area contributed by atoms with Crippen LogP contribution in [0.25, 0.3) is 10.4 Å². The number of hydrogen-bond donors (Lipinski definition) is 0. The van der Waals surface area contributed by atoms with Crippen LogP contribution in [0, 0.1) is 0 Å². The largest absolute Gasteiger partial charge is 0.495 e. The number of rotatable bonds is 3. The normalized spacial score (nSPS) is 10.5. The number of benzene rings is 1. The number of nitrogens with zero attached hydrogens (tertiary/aromatic N) is 3. The van der Waals surface area contributed by atoms with Crippen molar-refractivity contribution >= 4 is 21.6 Å². The molecule has 6 nitrogen and oxygen atoms in total. The van der Waals surface area contributed by atoms with Crippen LogP contribution in [-0.4, -0.2) is 15.5 Å². The van der Waals surface area contributed by atoms with Crippen molar-refractivity contribution in [2.45, 2.75) is 4.90 Å². The molecule has 0 bridgehead atoms. The van der Waals surface area contributed by atoms with Crippen LogP contribution in [0.5, 0.6) is 5.75 Å². The van der Waals surface area contributed by atoms with E-state index in [1.807, 2.05) is 0 Å². The summed E-state index contributed by atoms with van der Waals surface area (Å²) in [6, 6.07) is 3.90. The van der Waals surface area contributed by atoms with Crippen molar-refractivity contribution in [3.8, 4) is 5.75 Å². The van der Waals surface area contributed by atoms with E-state index in [1.165, 1.54) is 25.3 Å². The molecule has 0 aliphatic rings. The lowest BCUT2D eigenvalue weighted by Gasteiger charge is -2.05. The maximum Gasteiger partial charge on any atom is 0.267 e. The molecule has 0 aliphatic carbocycles. The Morgan fingerprint density at radius 3 is 2.73 bits per heavy atom. The van der Waals surface area contributed by atoms with Crippen LogP contribution >= 0.6 is 11.6 Å². The van der Waals surface area contributed by atoms with Crippen molar-refractivity contribution in [2.24, 2.45) is 4.52 Å². The van der Waals surface area contributed by atoms with Gasteiger partial charge >= 0.3 is 0 Å². The molecule has 0 spiro atoms. The third-order valence-electron chi connectivity index (χ3n) is 1.55. The Hall–Kier alpha value is -1.43. The van der Waals surface area contributed by atoms with E-state index < -0.39 is 10.0 Å². The highest BCUT2D eigenvalue weighted by molar-refractivity contribution is 7.90. The van der Waals surface area contributed by atoms with Gasteiger partial charge in [0.15, 0.2) is 0 Å². The van der Waals surface area contributed by atoms with Gasteiger partial charge in [0.25, 0.3) is 10.0 Å². The highest BCUT2D eigenvalue weighted by Crippen LogP contribution is 2.28. The Bertz CT molecular complexity index is 522. The molecule has 0 saturated carbocycles. The second kappa shape index (κ2) is 4.39. The Labute approximate surface area is 91.1 Å². The minimum Gasteiger partial charge on any atom is -0.495 e. The highest BCUT2D eigenvalue weighted by atomic mass is 35.5. The first-order valence-corrected chi connectivity index (χ1v) is 5.48. The molecule has 0 N–H and O–H groups in total. The Kier molecular flexibility index (Phi) is 3.41. The lowest BCUT2D eigenvalue weighted by Crippen LogP contribution is -1.99. The summed E-state index contributed by atoms with van der Waals surface area (Å²) in [6.45, 7) is 0. The average Bonchev–Trinajstić information content (AvgIpc) is 2.17. The van der Waals surface area contributed by atoms with Gasteiger partial charge in [0.2, 0.25) is 0 Å². The van der Waals surface area contributed by atoms with E-state index in [-0.39, 0.29) is 10.6 Å². The summed E-state index contributed by atoms with van der Waals surface area (Å²) in [7, 11) is -2.75. The zero-order valence-corrected chi connectivity index (χ0v) is 9.16. The number of sulfonamides is 1. The van der Waals surface area contributed by atoms with Gasteiger partial charge in [-0.15, -0.1) is 0 Å². The van der Waals surface area contributed by atoms with Crippen LogP contribution in [0.4, 0.5) is 0 Å². The number of methoxy groups -OCH3 is 1.